The zero-order valence-corrected chi connectivity index (χ0v) is 19.0. The maximum atomic E-state index is 4.78. The van der Waals surface area contributed by atoms with E-state index in [1.54, 1.807) is 0 Å². The van der Waals surface area contributed by atoms with Gasteiger partial charge in [0.05, 0.1) is 18.8 Å². The minimum atomic E-state index is 0. The third-order valence-electron chi connectivity index (χ3n) is 3.99. The number of nitrogens with one attached hydrogen (secondary N) is 2. The molecular weight excluding hydrogens is 445 g/mol. The van der Waals surface area contributed by atoms with Gasteiger partial charge in [0, 0.05) is 34.6 Å². The highest BCUT2D eigenvalue weighted by atomic mass is 127. The smallest absolute Gasteiger partial charge is 0.191 e. The molecule has 2 aromatic rings. The lowest BCUT2D eigenvalue weighted by Gasteiger charge is -2.11. The van der Waals surface area contributed by atoms with Gasteiger partial charge >= 0.3 is 0 Å². The Morgan fingerprint density at radius 1 is 1.20 bits per heavy atom. The van der Waals surface area contributed by atoms with Crippen molar-refractivity contribution >= 4 is 41.3 Å². The molecule has 0 saturated heterocycles. The standard InChI is InChI=1S/C18H29N5S.HI/c1-6-16-15(17(7-2)23(5)22-16)12-21-18(19-8-3)20-11-14-10-9-13(4)24-14;/h9-10H,6-8,11-12H2,1-5H3,(H2,19,20,21);1H. The molecule has 7 heteroatoms. The summed E-state index contributed by atoms with van der Waals surface area (Å²) in [5, 5.41) is 11.4. The largest absolute Gasteiger partial charge is 0.357 e. The van der Waals surface area contributed by atoms with Gasteiger partial charge in [0.1, 0.15) is 0 Å². The summed E-state index contributed by atoms with van der Waals surface area (Å²) in [5.41, 5.74) is 3.70. The molecular formula is C18H30IN5S. The van der Waals surface area contributed by atoms with E-state index in [0.29, 0.717) is 6.54 Å². The van der Waals surface area contributed by atoms with Crippen molar-refractivity contribution in [2.24, 2.45) is 12.0 Å². The normalized spacial score (nSPS) is 11.3. The molecule has 0 aromatic carbocycles. The Morgan fingerprint density at radius 3 is 2.52 bits per heavy atom. The lowest BCUT2D eigenvalue weighted by Crippen LogP contribution is -2.36. The highest BCUT2D eigenvalue weighted by Crippen LogP contribution is 2.17. The molecule has 0 fully saturated rings. The number of guanidine groups is 1. The second-order valence-electron chi connectivity index (χ2n) is 5.76. The van der Waals surface area contributed by atoms with Gasteiger partial charge in [-0.2, -0.15) is 5.10 Å². The molecule has 140 valence electrons. The summed E-state index contributed by atoms with van der Waals surface area (Å²) in [6, 6.07) is 4.32. The molecule has 25 heavy (non-hydrogen) atoms. The predicted octanol–water partition coefficient (Wildman–Crippen LogP) is 3.79. The van der Waals surface area contributed by atoms with Crippen LogP contribution in [0.25, 0.3) is 0 Å². The summed E-state index contributed by atoms with van der Waals surface area (Å²) >= 11 is 1.82. The maximum absolute atomic E-state index is 4.78. The molecule has 0 aliphatic heterocycles. The number of halogens is 1. The van der Waals surface area contributed by atoms with Crippen molar-refractivity contribution in [2.45, 2.75) is 53.6 Å². The van der Waals surface area contributed by atoms with Gasteiger partial charge in [0.25, 0.3) is 0 Å². The molecule has 5 nitrogen and oxygen atoms in total. The van der Waals surface area contributed by atoms with Crippen LogP contribution in [-0.2, 0) is 33.0 Å². The Balaban J connectivity index is 0.00000312. The molecule has 2 heterocycles. The highest BCUT2D eigenvalue weighted by molar-refractivity contribution is 14.0. The van der Waals surface area contributed by atoms with Crippen molar-refractivity contribution < 1.29 is 0 Å². The number of rotatable bonds is 7. The van der Waals surface area contributed by atoms with Gasteiger partial charge < -0.3 is 10.6 Å². The lowest BCUT2D eigenvalue weighted by molar-refractivity contribution is 0.703. The van der Waals surface area contributed by atoms with E-state index in [1.807, 2.05) is 23.1 Å². The van der Waals surface area contributed by atoms with E-state index in [0.717, 1.165) is 37.6 Å². The van der Waals surface area contributed by atoms with Crippen LogP contribution in [0.2, 0.25) is 0 Å². The zero-order valence-electron chi connectivity index (χ0n) is 15.8. The quantitative estimate of drug-likeness (QED) is 0.364. The number of nitrogens with zero attached hydrogens (tertiary/aromatic N) is 3. The number of hydrogen-bond donors (Lipinski definition) is 2. The SMILES string of the molecule is CCNC(=NCc1c(CC)nn(C)c1CC)NCc1ccc(C)s1.I. The van der Waals surface area contributed by atoms with Crippen molar-refractivity contribution in [3.63, 3.8) is 0 Å². The van der Waals surface area contributed by atoms with Crippen LogP contribution in [0.4, 0.5) is 0 Å². The Morgan fingerprint density at radius 2 is 1.96 bits per heavy atom. The Labute approximate surface area is 172 Å². The predicted molar refractivity (Wildman–Crippen MR) is 118 cm³/mol. The molecule has 0 aliphatic rings. The van der Waals surface area contributed by atoms with Crippen LogP contribution in [0.5, 0.6) is 0 Å². The van der Waals surface area contributed by atoms with E-state index in [1.165, 1.54) is 21.0 Å². The first-order chi connectivity index (χ1) is 11.6. The first-order valence-corrected chi connectivity index (χ1v) is 9.51. The molecule has 2 N–H and O–H groups in total. The van der Waals surface area contributed by atoms with E-state index in [-0.39, 0.29) is 24.0 Å². The van der Waals surface area contributed by atoms with Gasteiger partial charge in [-0.1, -0.05) is 13.8 Å². The second-order valence-corrected chi connectivity index (χ2v) is 7.14. The van der Waals surface area contributed by atoms with Gasteiger partial charge in [-0.05, 0) is 38.8 Å². The van der Waals surface area contributed by atoms with Crippen molar-refractivity contribution in [1.82, 2.24) is 20.4 Å². The Bertz CT molecular complexity index is 690. The van der Waals surface area contributed by atoms with E-state index in [9.17, 15) is 0 Å². The van der Waals surface area contributed by atoms with E-state index < -0.39 is 0 Å². The third kappa shape index (κ3) is 5.99. The van der Waals surface area contributed by atoms with Gasteiger partial charge in [-0.15, -0.1) is 35.3 Å². The van der Waals surface area contributed by atoms with E-state index in [2.05, 4.69) is 55.6 Å². The monoisotopic (exact) mass is 475 g/mol. The number of aryl methyl sites for hydroxylation is 3. The minimum absolute atomic E-state index is 0. The van der Waals surface area contributed by atoms with Gasteiger partial charge in [0.15, 0.2) is 5.96 Å². The molecule has 0 spiro atoms. The highest BCUT2D eigenvalue weighted by Gasteiger charge is 2.13. The van der Waals surface area contributed by atoms with E-state index in [4.69, 9.17) is 4.99 Å². The van der Waals surface area contributed by atoms with Crippen LogP contribution in [0.1, 0.15) is 47.5 Å². The molecule has 0 unspecified atom stereocenters. The maximum Gasteiger partial charge on any atom is 0.191 e. The fourth-order valence-electron chi connectivity index (χ4n) is 2.82. The average Bonchev–Trinajstić information content (AvgIpc) is 3.12. The van der Waals surface area contributed by atoms with Crippen LogP contribution in [0.3, 0.4) is 0 Å². The first kappa shape index (κ1) is 22.0. The molecule has 0 amide bonds. The van der Waals surface area contributed by atoms with Crippen molar-refractivity contribution in [2.75, 3.05) is 6.54 Å². The van der Waals surface area contributed by atoms with Crippen molar-refractivity contribution in [3.05, 3.63) is 38.8 Å². The van der Waals surface area contributed by atoms with Crippen molar-refractivity contribution in [3.8, 4) is 0 Å². The number of thiophene rings is 1. The Kier molecular flexibility index (Phi) is 9.48. The molecule has 0 atom stereocenters. The summed E-state index contributed by atoms with van der Waals surface area (Å²) in [4.78, 5) is 7.44. The van der Waals surface area contributed by atoms with Gasteiger partial charge in [0.2, 0.25) is 0 Å². The molecule has 0 aliphatic carbocycles. The van der Waals surface area contributed by atoms with Crippen LogP contribution in [-0.4, -0.2) is 22.3 Å². The summed E-state index contributed by atoms with van der Waals surface area (Å²) in [6.07, 6.45) is 1.92. The van der Waals surface area contributed by atoms with Gasteiger partial charge in [-0.3, -0.25) is 4.68 Å². The van der Waals surface area contributed by atoms with Gasteiger partial charge in [-0.25, -0.2) is 4.99 Å². The molecule has 0 bridgehead atoms. The second kappa shape index (κ2) is 10.8. The average molecular weight is 475 g/mol. The number of aliphatic imine (C=N–C) groups is 1. The Hall–Kier alpha value is -1.09. The first-order valence-electron chi connectivity index (χ1n) is 8.70. The summed E-state index contributed by atoms with van der Waals surface area (Å²) in [6.45, 7) is 10.9. The summed E-state index contributed by atoms with van der Waals surface area (Å²) < 4.78 is 2.00. The molecule has 0 saturated carbocycles. The summed E-state index contributed by atoms with van der Waals surface area (Å²) in [5.74, 6) is 0.858. The number of hydrogen-bond acceptors (Lipinski definition) is 3. The zero-order chi connectivity index (χ0) is 17.5. The molecule has 2 aromatic heterocycles. The molecule has 2 rings (SSSR count). The van der Waals surface area contributed by atoms with E-state index >= 15 is 0 Å². The fourth-order valence-corrected chi connectivity index (χ4v) is 3.65. The number of aromatic nitrogens is 2. The topological polar surface area (TPSA) is 54.2 Å². The minimum Gasteiger partial charge on any atom is -0.357 e. The fraction of sp³-hybridized carbons (Fsp3) is 0.556. The molecule has 0 radical (unpaired) electrons. The van der Waals surface area contributed by atoms with Crippen LogP contribution >= 0.6 is 35.3 Å². The van der Waals surface area contributed by atoms with Crippen LogP contribution in [0, 0.1) is 6.92 Å². The van der Waals surface area contributed by atoms with Crippen LogP contribution in [0.15, 0.2) is 17.1 Å². The van der Waals surface area contributed by atoms with Crippen molar-refractivity contribution in [1.29, 1.82) is 0 Å². The van der Waals surface area contributed by atoms with Crippen LogP contribution < -0.4 is 10.6 Å². The lowest BCUT2D eigenvalue weighted by atomic mass is 10.1. The third-order valence-corrected chi connectivity index (χ3v) is 4.99. The summed E-state index contributed by atoms with van der Waals surface area (Å²) in [7, 11) is 2.02.